The van der Waals surface area contributed by atoms with Crippen molar-refractivity contribution >= 4 is 29.7 Å². The van der Waals surface area contributed by atoms with Crippen LogP contribution in [0.25, 0.3) is 0 Å². The number of aliphatic hydroxyl groups excluding tert-OH is 1. The van der Waals surface area contributed by atoms with Crippen molar-refractivity contribution in [1.29, 1.82) is 0 Å². The predicted octanol–water partition coefficient (Wildman–Crippen LogP) is 1.87. The molecule has 0 saturated carbocycles. The summed E-state index contributed by atoms with van der Waals surface area (Å²) in [6, 6.07) is 3.96. The maximum atomic E-state index is 13.8. The molecule has 1 aliphatic rings. The van der Waals surface area contributed by atoms with Crippen LogP contribution in [-0.2, 0) is 39.9 Å². The maximum Gasteiger partial charge on any atom is 0.303 e. The highest BCUT2D eigenvalue weighted by Crippen LogP contribution is 2.40. The molecule has 1 heterocycles. The Morgan fingerprint density at radius 2 is 1.59 bits per heavy atom. The SMILES string of the molecule is CS[C@H]1O[C@@H](c2ccc(F)c(CO)c2)[C@H](OC(C)=O)[C@@H](OC(C)=O)[C@@H]1OC(C)=O. The Kier molecular flexibility index (Phi) is 8.00. The van der Waals surface area contributed by atoms with Crippen molar-refractivity contribution in [2.75, 3.05) is 6.26 Å². The maximum absolute atomic E-state index is 13.8. The zero-order valence-corrected chi connectivity index (χ0v) is 17.2. The zero-order valence-electron chi connectivity index (χ0n) is 16.4. The van der Waals surface area contributed by atoms with Crippen molar-refractivity contribution in [2.24, 2.45) is 0 Å². The van der Waals surface area contributed by atoms with Crippen molar-refractivity contribution in [3.8, 4) is 0 Å². The molecule has 0 radical (unpaired) electrons. The number of aliphatic hydroxyl groups is 1. The minimum atomic E-state index is -1.17. The minimum Gasteiger partial charge on any atom is -0.455 e. The van der Waals surface area contributed by atoms with Crippen molar-refractivity contribution in [2.45, 2.75) is 57.2 Å². The first-order valence-corrected chi connectivity index (χ1v) is 10.1. The number of rotatable bonds is 6. The fourth-order valence-corrected chi connectivity index (χ4v) is 3.83. The Labute approximate surface area is 171 Å². The Bertz CT molecular complexity index is 771. The Hall–Kier alpha value is -2.17. The number of thioether (sulfide) groups is 1. The van der Waals surface area contributed by atoms with Gasteiger partial charge in [0.1, 0.15) is 17.4 Å². The molecule has 1 saturated heterocycles. The monoisotopic (exact) mass is 430 g/mol. The molecule has 0 bridgehead atoms. The van der Waals surface area contributed by atoms with Gasteiger partial charge in [-0.3, -0.25) is 14.4 Å². The fraction of sp³-hybridized carbons (Fsp3) is 0.526. The van der Waals surface area contributed by atoms with Crippen LogP contribution in [0.3, 0.4) is 0 Å². The van der Waals surface area contributed by atoms with E-state index in [1.54, 1.807) is 6.26 Å². The average Bonchev–Trinajstić information content (AvgIpc) is 2.64. The highest BCUT2D eigenvalue weighted by atomic mass is 32.2. The third kappa shape index (κ3) is 5.68. The molecule has 5 atom stereocenters. The summed E-state index contributed by atoms with van der Waals surface area (Å²) >= 11 is 1.20. The summed E-state index contributed by atoms with van der Waals surface area (Å²) in [5.41, 5.74) is -0.332. The second kappa shape index (κ2) is 10.0. The van der Waals surface area contributed by atoms with Crippen molar-refractivity contribution in [1.82, 2.24) is 0 Å². The zero-order chi connectivity index (χ0) is 21.7. The number of carbonyl (C=O) groups excluding carboxylic acids is 3. The highest BCUT2D eigenvalue weighted by Gasteiger charge is 2.52. The van der Waals surface area contributed by atoms with Crippen molar-refractivity contribution in [3.05, 3.63) is 35.1 Å². The average molecular weight is 430 g/mol. The van der Waals surface area contributed by atoms with E-state index in [4.69, 9.17) is 18.9 Å². The van der Waals surface area contributed by atoms with Gasteiger partial charge in [-0.2, -0.15) is 0 Å². The number of esters is 3. The van der Waals surface area contributed by atoms with Gasteiger partial charge in [-0.1, -0.05) is 6.07 Å². The summed E-state index contributed by atoms with van der Waals surface area (Å²) in [6.45, 7) is 3.01. The van der Waals surface area contributed by atoms with Crippen LogP contribution >= 0.6 is 11.8 Å². The van der Waals surface area contributed by atoms with Crippen molar-refractivity contribution < 1.29 is 42.8 Å². The lowest BCUT2D eigenvalue weighted by Gasteiger charge is -2.44. The van der Waals surface area contributed by atoms with E-state index in [0.717, 1.165) is 6.07 Å². The van der Waals surface area contributed by atoms with Gasteiger partial charge in [-0.25, -0.2) is 4.39 Å². The lowest BCUT2D eigenvalue weighted by molar-refractivity contribution is -0.233. The van der Waals surface area contributed by atoms with E-state index in [9.17, 15) is 23.9 Å². The van der Waals surface area contributed by atoms with Crippen LogP contribution in [0.1, 0.15) is 38.0 Å². The first-order chi connectivity index (χ1) is 13.7. The topological polar surface area (TPSA) is 108 Å². The molecule has 1 N–H and O–H groups in total. The van der Waals surface area contributed by atoms with E-state index in [0.29, 0.717) is 5.56 Å². The van der Waals surface area contributed by atoms with Gasteiger partial charge in [0.15, 0.2) is 18.3 Å². The largest absolute Gasteiger partial charge is 0.455 e. The van der Waals surface area contributed by atoms with E-state index < -0.39 is 60.2 Å². The van der Waals surface area contributed by atoms with Crippen LogP contribution in [0.5, 0.6) is 0 Å². The second-order valence-electron chi connectivity index (χ2n) is 6.39. The van der Waals surface area contributed by atoms with E-state index in [1.807, 2.05) is 0 Å². The van der Waals surface area contributed by atoms with Crippen LogP contribution in [0.2, 0.25) is 0 Å². The van der Waals surface area contributed by atoms with Gasteiger partial charge < -0.3 is 24.1 Å². The molecule has 0 aromatic heterocycles. The quantitative estimate of drug-likeness (QED) is 0.534. The van der Waals surface area contributed by atoms with Gasteiger partial charge in [0.25, 0.3) is 0 Å². The molecule has 1 aromatic carbocycles. The molecule has 1 aromatic rings. The molecular formula is C19H23FO8S. The molecule has 8 nitrogen and oxygen atoms in total. The number of halogens is 1. The molecule has 2 rings (SSSR count). The Balaban J connectivity index is 2.54. The van der Waals surface area contributed by atoms with Crippen LogP contribution in [0.4, 0.5) is 4.39 Å². The van der Waals surface area contributed by atoms with Gasteiger partial charge in [0.05, 0.1) is 6.61 Å². The summed E-state index contributed by atoms with van der Waals surface area (Å²) in [5, 5.41) is 9.37. The number of benzene rings is 1. The van der Waals surface area contributed by atoms with E-state index in [2.05, 4.69) is 0 Å². The number of hydrogen-bond acceptors (Lipinski definition) is 9. The normalized spacial score (nSPS) is 26.5. The summed E-state index contributed by atoms with van der Waals surface area (Å²) < 4.78 is 35.9. The number of ether oxygens (including phenoxy) is 4. The number of hydrogen-bond donors (Lipinski definition) is 1. The molecular weight excluding hydrogens is 407 g/mol. The molecule has 10 heteroatoms. The standard InChI is InChI=1S/C19H23FO8S/c1-9(22)25-16-15(12-5-6-14(20)13(7-12)8-21)28-19(29-4)18(27-11(3)24)17(16)26-10(2)23/h5-7,15-19,21H,8H2,1-4H3/t15-,16-,17+,18-,19+/m0/s1. The fourth-order valence-electron chi connectivity index (χ4n) is 3.12. The molecule has 0 amide bonds. The minimum absolute atomic E-state index is 0.0273. The van der Waals surface area contributed by atoms with E-state index >= 15 is 0 Å². The van der Waals surface area contributed by atoms with Gasteiger partial charge >= 0.3 is 17.9 Å². The summed E-state index contributed by atoms with van der Waals surface area (Å²) in [6.07, 6.45) is -2.61. The first-order valence-electron chi connectivity index (χ1n) is 8.77. The van der Waals surface area contributed by atoms with Crippen LogP contribution in [0, 0.1) is 5.82 Å². The summed E-state index contributed by atoms with van der Waals surface area (Å²) in [7, 11) is 0. The summed E-state index contributed by atoms with van der Waals surface area (Å²) in [4.78, 5) is 35.1. The molecule has 160 valence electrons. The van der Waals surface area contributed by atoms with Crippen LogP contribution in [-0.4, -0.2) is 53.0 Å². The highest BCUT2D eigenvalue weighted by molar-refractivity contribution is 7.99. The van der Waals surface area contributed by atoms with Gasteiger partial charge in [0, 0.05) is 26.3 Å². The number of carbonyl (C=O) groups is 3. The molecule has 1 aliphatic heterocycles. The molecule has 0 aliphatic carbocycles. The molecule has 0 unspecified atom stereocenters. The lowest BCUT2D eigenvalue weighted by Crippen LogP contribution is -2.57. The third-order valence-corrected chi connectivity index (χ3v) is 5.05. The second-order valence-corrected chi connectivity index (χ2v) is 7.33. The Morgan fingerprint density at radius 3 is 2.10 bits per heavy atom. The molecule has 0 spiro atoms. The Morgan fingerprint density at radius 1 is 1.03 bits per heavy atom. The van der Waals surface area contributed by atoms with Crippen LogP contribution < -0.4 is 0 Å². The predicted molar refractivity (Wildman–Crippen MR) is 100 cm³/mol. The third-order valence-electron chi connectivity index (χ3n) is 4.20. The first kappa shape index (κ1) is 23.1. The lowest BCUT2D eigenvalue weighted by atomic mass is 9.92. The van der Waals surface area contributed by atoms with E-state index in [-0.39, 0.29) is 5.56 Å². The van der Waals surface area contributed by atoms with Crippen molar-refractivity contribution in [3.63, 3.8) is 0 Å². The molecule has 29 heavy (non-hydrogen) atoms. The smallest absolute Gasteiger partial charge is 0.303 e. The van der Waals surface area contributed by atoms with Gasteiger partial charge in [0.2, 0.25) is 0 Å². The van der Waals surface area contributed by atoms with Gasteiger partial charge in [-0.15, -0.1) is 11.8 Å². The van der Waals surface area contributed by atoms with Crippen LogP contribution in [0.15, 0.2) is 18.2 Å². The van der Waals surface area contributed by atoms with E-state index in [1.165, 1.54) is 44.7 Å². The molecule has 1 fully saturated rings. The van der Waals surface area contributed by atoms with Gasteiger partial charge in [-0.05, 0) is 24.0 Å². The summed E-state index contributed by atoms with van der Waals surface area (Å²) in [5.74, 6) is -2.57.